The second-order valence-electron chi connectivity index (χ2n) is 15.9. The van der Waals surface area contributed by atoms with Crippen LogP contribution < -0.4 is 10.0 Å². The molecule has 5 atom stereocenters. The fraction of sp³-hybridized carbons (Fsp3) is 0.658. The van der Waals surface area contributed by atoms with E-state index in [0.29, 0.717) is 32.5 Å². The number of Topliss-reactive ketones (excluding diaryl/α,β-unsaturated/α-hetero) is 1. The number of hydrogen-bond donors (Lipinski definition) is 2. The number of nitrogens with one attached hydrogen (secondary N) is 2. The summed E-state index contributed by atoms with van der Waals surface area (Å²) in [6, 6.07) is 3.82. The van der Waals surface area contributed by atoms with Gasteiger partial charge in [-0.1, -0.05) is 43.5 Å². The summed E-state index contributed by atoms with van der Waals surface area (Å²) < 4.78 is 33.7. The van der Waals surface area contributed by atoms with E-state index in [1.807, 2.05) is 12.1 Å². The molecule has 0 unspecified atom stereocenters. The van der Waals surface area contributed by atoms with Crippen molar-refractivity contribution in [2.75, 3.05) is 20.1 Å². The van der Waals surface area contributed by atoms with E-state index in [1.54, 1.807) is 22.9 Å². The van der Waals surface area contributed by atoms with Crippen LogP contribution in [0.5, 0.6) is 0 Å². The summed E-state index contributed by atoms with van der Waals surface area (Å²) in [5.74, 6) is -2.08. The van der Waals surface area contributed by atoms with Crippen molar-refractivity contribution in [2.24, 2.45) is 17.3 Å². The third kappa shape index (κ3) is 7.32. The van der Waals surface area contributed by atoms with Crippen molar-refractivity contribution < 1.29 is 37.1 Å². The number of hydrogen-bond acceptors (Lipinski definition) is 8. The zero-order valence-electron chi connectivity index (χ0n) is 30.0. The number of aryl methyl sites for hydroxylation is 1. The number of nitrogens with zero attached hydrogens (tertiary/aromatic N) is 3. The van der Waals surface area contributed by atoms with E-state index < -0.39 is 68.5 Å². The van der Waals surface area contributed by atoms with E-state index in [2.05, 4.69) is 22.7 Å². The molecule has 2 N–H and O–H groups in total. The molecular weight excluding hydrogens is 687 g/mol. The van der Waals surface area contributed by atoms with Crippen LogP contribution in [0.25, 0.3) is 0 Å². The highest BCUT2D eigenvalue weighted by Gasteiger charge is 2.61. The molecule has 282 valence electrons. The Morgan fingerprint density at radius 1 is 1.04 bits per heavy atom. The van der Waals surface area contributed by atoms with E-state index in [-0.39, 0.29) is 37.8 Å². The largest absolute Gasteiger partial charge is 0.444 e. The summed E-state index contributed by atoms with van der Waals surface area (Å²) in [5, 5.41) is 2.43. The first-order valence-electron chi connectivity index (χ1n) is 19.0. The minimum atomic E-state index is -3.85. The number of rotatable bonds is 8. The molecular formula is C38H51N5O8S. The molecule has 3 heterocycles. The topological polar surface area (TPSA) is 162 Å². The van der Waals surface area contributed by atoms with Gasteiger partial charge in [0.05, 0.1) is 23.3 Å². The van der Waals surface area contributed by atoms with Crippen LogP contribution in [-0.2, 0) is 48.7 Å². The average molecular weight is 738 g/mol. The molecule has 6 aliphatic rings. The molecule has 3 saturated carbocycles. The Morgan fingerprint density at radius 3 is 2.50 bits per heavy atom. The summed E-state index contributed by atoms with van der Waals surface area (Å²) in [6.07, 6.45) is 8.02. The smallest absolute Gasteiger partial charge is 0.410 e. The zero-order valence-corrected chi connectivity index (χ0v) is 30.8. The number of ether oxygens (including phenoxy) is 1. The number of allylic oxidation sites excluding steroid dienone is 1. The molecule has 52 heavy (non-hydrogen) atoms. The Morgan fingerprint density at radius 2 is 1.79 bits per heavy atom. The standard InChI is InChI=1S/C38H51N5O8S/c1-3-27-19-38(27,35(46)40-52(49,50)29-15-16-29)20-32(44)31-18-28-22-43(31)34(45)33(25-11-5-4-6-12-25)39-36(47)41(2)17-8-7-10-24-13-9-14-26-21-42(23-30(24)26)37(48)51-28/h3,9,13-14,25,27-29,31,33H,1,4-8,10-12,15-23H2,2H3,(H,39,47)(H,40,46)/t27-,28-,31+,33+,38-/m1/s1. The number of fused-ring (bicyclic) bond motifs is 3. The van der Waals surface area contributed by atoms with E-state index >= 15 is 0 Å². The van der Waals surface area contributed by atoms with Gasteiger partial charge in [-0.25, -0.2) is 18.0 Å². The Bertz CT molecular complexity index is 1740. The third-order valence-corrected chi connectivity index (χ3v) is 14.1. The Hall–Kier alpha value is -3.94. The number of carbonyl (C=O) groups excluding carboxylic acids is 5. The van der Waals surface area contributed by atoms with Gasteiger partial charge in [0.15, 0.2) is 5.78 Å². The van der Waals surface area contributed by atoms with Crippen LogP contribution in [0.3, 0.4) is 0 Å². The quantitative estimate of drug-likeness (QED) is 0.381. The van der Waals surface area contributed by atoms with Crippen molar-refractivity contribution in [3.63, 3.8) is 0 Å². The Balaban J connectivity index is 1.17. The molecule has 1 saturated heterocycles. The van der Waals surface area contributed by atoms with Crippen LogP contribution in [-0.4, -0.2) is 96.4 Å². The number of urea groups is 1. The molecule has 0 aromatic heterocycles. The molecule has 0 radical (unpaired) electrons. The first kappa shape index (κ1) is 36.4. The number of sulfonamides is 1. The second-order valence-corrected chi connectivity index (χ2v) is 17.8. The fourth-order valence-electron chi connectivity index (χ4n) is 8.85. The SMILES string of the molecule is C=C[C@@H]1C[C@]1(CC(=O)[C@@H]1C[C@@H]2CN1C(=O)[C@H](C1CCCCC1)NC(=O)N(C)CCCCc1cccc3c1CN(C3)C(=O)O2)C(=O)NS(=O)(=O)C1CC1. The highest BCUT2D eigenvalue weighted by atomic mass is 32.2. The van der Waals surface area contributed by atoms with Crippen molar-refractivity contribution in [3.8, 4) is 0 Å². The molecule has 4 fully saturated rings. The van der Waals surface area contributed by atoms with Crippen molar-refractivity contribution in [3.05, 3.63) is 47.5 Å². The summed E-state index contributed by atoms with van der Waals surface area (Å²) in [5.41, 5.74) is 2.04. The minimum Gasteiger partial charge on any atom is -0.444 e. The molecule has 13 nitrogen and oxygen atoms in total. The van der Waals surface area contributed by atoms with E-state index in [9.17, 15) is 32.4 Å². The van der Waals surface area contributed by atoms with Crippen LogP contribution in [0.1, 0.15) is 93.7 Å². The molecule has 3 aliphatic heterocycles. The zero-order chi connectivity index (χ0) is 36.8. The maximum atomic E-state index is 14.7. The Kier molecular flexibility index (Phi) is 10.1. The predicted octanol–water partition coefficient (Wildman–Crippen LogP) is 3.79. The van der Waals surface area contributed by atoms with Gasteiger partial charge in [-0.3, -0.25) is 24.0 Å². The predicted molar refractivity (Wildman–Crippen MR) is 191 cm³/mol. The summed E-state index contributed by atoms with van der Waals surface area (Å²) >= 11 is 0. The molecule has 14 heteroatoms. The van der Waals surface area contributed by atoms with Gasteiger partial charge in [0, 0.05) is 39.5 Å². The van der Waals surface area contributed by atoms with Crippen molar-refractivity contribution in [1.29, 1.82) is 0 Å². The number of benzene rings is 1. The molecule has 1 aromatic carbocycles. The summed E-state index contributed by atoms with van der Waals surface area (Å²) in [7, 11) is -2.12. The van der Waals surface area contributed by atoms with Crippen LogP contribution in [0.15, 0.2) is 30.9 Å². The van der Waals surface area contributed by atoms with Crippen molar-refractivity contribution in [1.82, 2.24) is 24.7 Å². The minimum absolute atomic E-state index is 0.0322. The van der Waals surface area contributed by atoms with E-state index in [4.69, 9.17) is 4.74 Å². The van der Waals surface area contributed by atoms with Gasteiger partial charge < -0.3 is 19.9 Å². The first-order chi connectivity index (χ1) is 24.9. The van der Waals surface area contributed by atoms with Gasteiger partial charge in [-0.05, 0) is 79.9 Å². The van der Waals surface area contributed by atoms with Gasteiger partial charge in [-0.2, -0.15) is 0 Å². The monoisotopic (exact) mass is 737 g/mol. The molecule has 4 bridgehead atoms. The highest BCUT2D eigenvalue weighted by Crippen LogP contribution is 2.57. The van der Waals surface area contributed by atoms with Gasteiger partial charge >= 0.3 is 12.1 Å². The maximum Gasteiger partial charge on any atom is 0.410 e. The fourth-order valence-corrected chi connectivity index (χ4v) is 10.2. The maximum absolute atomic E-state index is 14.7. The van der Waals surface area contributed by atoms with Crippen LogP contribution in [0, 0.1) is 17.3 Å². The van der Waals surface area contributed by atoms with Crippen molar-refractivity contribution in [2.45, 2.75) is 120 Å². The number of ketones is 1. The molecule has 3 aliphatic carbocycles. The summed E-state index contributed by atoms with van der Waals surface area (Å²) in [6.45, 7) is 5.08. The Labute approximate surface area is 305 Å². The summed E-state index contributed by atoms with van der Waals surface area (Å²) in [4.78, 5) is 74.6. The van der Waals surface area contributed by atoms with Gasteiger partial charge in [0.1, 0.15) is 12.1 Å². The van der Waals surface area contributed by atoms with E-state index in [0.717, 1.165) is 62.5 Å². The lowest BCUT2D eigenvalue weighted by molar-refractivity contribution is -0.141. The molecule has 1 aromatic rings. The third-order valence-electron chi connectivity index (χ3n) is 12.3. The van der Waals surface area contributed by atoms with Gasteiger partial charge in [0.25, 0.3) is 0 Å². The van der Waals surface area contributed by atoms with E-state index in [1.165, 1.54) is 10.5 Å². The van der Waals surface area contributed by atoms with Crippen LogP contribution >= 0.6 is 0 Å². The normalized spacial score (nSPS) is 30.2. The first-order valence-corrected chi connectivity index (χ1v) is 20.5. The molecule has 0 spiro atoms. The molecule has 7 rings (SSSR count). The van der Waals surface area contributed by atoms with Gasteiger partial charge in [-0.15, -0.1) is 6.58 Å². The molecule has 5 amide bonds. The van der Waals surface area contributed by atoms with Gasteiger partial charge in [0.2, 0.25) is 21.8 Å². The highest BCUT2D eigenvalue weighted by molar-refractivity contribution is 7.90. The van der Waals surface area contributed by atoms with Crippen LogP contribution in [0.4, 0.5) is 9.59 Å². The number of amides is 5. The van der Waals surface area contributed by atoms with Crippen molar-refractivity contribution >= 4 is 39.7 Å². The number of carbonyl (C=O) groups is 5. The lowest BCUT2D eigenvalue weighted by atomic mass is 9.83. The lowest BCUT2D eigenvalue weighted by Gasteiger charge is -2.35. The van der Waals surface area contributed by atoms with Crippen LogP contribution in [0.2, 0.25) is 0 Å². The average Bonchev–Trinajstić information content (AvgIpc) is 4.02. The lowest BCUT2D eigenvalue weighted by Crippen LogP contribution is -2.57. The second kappa shape index (κ2) is 14.5.